The smallest absolute Gasteiger partial charge is 0.0979 e. The summed E-state index contributed by atoms with van der Waals surface area (Å²) in [5.41, 5.74) is 4.12. The number of hydrogen-bond donors (Lipinski definition) is 0. The number of fused-ring (bicyclic) bond motifs is 3. The van der Waals surface area contributed by atoms with E-state index in [2.05, 4.69) is 36.2 Å². The van der Waals surface area contributed by atoms with Gasteiger partial charge in [-0.05, 0) is 38.4 Å². The van der Waals surface area contributed by atoms with Crippen molar-refractivity contribution in [1.82, 2.24) is 9.88 Å². The summed E-state index contributed by atoms with van der Waals surface area (Å²) in [6, 6.07) is 8.76. The zero-order valence-electron chi connectivity index (χ0n) is 12.0. The maximum Gasteiger partial charge on any atom is 0.0979 e. The van der Waals surface area contributed by atoms with Crippen molar-refractivity contribution in [2.24, 2.45) is 0 Å². The first kappa shape index (κ1) is 16.8. The lowest BCUT2D eigenvalue weighted by atomic mass is 9.94. The van der Waals surface area contributed by atoms with Crippen molar-refractivity contribution in [3.63, 3.8) is 0 Å². The van der Waals surface area contributed by atoms with E-state index in [1.54, 1.807) is 0 Å². The third-order valence-electron chi connectivity index (χ3n) is 4.35. The lowest BCUT2D eigenvalue weighted by molar-refractivity contribution is 0.411. The fourth-order valence-electron chi connectivity index (χ4n) is 3.28. The molecule has 114 valence electrons. The first-order chi connectivity index (χ1) is 9.31. The molecule has 5 heteroatoms. The van der Waals surface area contributed by atoms with Gasteiger partial charge in [0.1, 0.15) is 0 Å². The van der Waals surface area contributed by atoms with Gasteiger partial charge in [-0.1, -0.05) is 24.3 Å². The van der Waals surface area contributed by atoms with Gasteiger partial charge in [0.15, 0.2) is 0 Å². The van der Waals surface area contributed by atoms with E-state index in [0.717, 1.165) is 0 Å². The summed E-state index contributed by atoms with van der Waals surface area (Å²) < 4.78 is 0. The van der Waals surface area contributed by atoms with Gasteiger partial charge < -0.3 is 4.90 Å². The van der Waals surface area contributed by atoms with Crippen LogP contribution in [0.2, 0.25) is 0 Å². The molecule has 1 fully saturated rings. The Morgan fingerprint density at radius 1 is 1.19 bits per heavy atom. The molecule has 0 N–H and O–H groups in total. The largest absolute Gasteiger partial charge is 0.306 e. The summed E-state index contributed by atoms with van der Waals surface area (Å²) >= 11 is 1.96. The standard InChI is InChI=1S/C16H18N2S.2ClH/c1-18-9-8-12(10-18)16-17-15-13-5-3-2-4-11(13)6-7-14(15)19-16;;/h2-5,12H,6-10H2,1H3;2*1H. The summed E-state index contributed by atoms with van der Waals surface area (Å²) in [7, 11) is 2.21. The van der Waals surface area contributed by atoms with Crippen LogP contribution in [0.3, 0.4) is 0 Å². The SMILES string of the molecule is CN1CCC(c2nc3c(s2)CCc2ccccc2-3)C1.Cl.Cl. The van der Waals surface area contributed by atoms with E-state index in [-0.39, 0.29) is 24.8 Å². The third-order valence-corrected chi connectivity index (χ3v) is 5.63. The Hall–Kier alpha value is -0.610. The molecular formula is C16H20Cl2N2S. The van der Waals surface area contributed by atoms with Gasteiger partial charge in [0.2, 0.25) is 0 Å². The minimum absolute atomic E-state index is 0. The van der Waals surface area contributed by atoms with E-state index in [4.69, 9.17) is 4.98 Å². The molecule has 1 aliphatic carbocycles. The summed E-state index contributed by atoms with van der Waals surface area (Å²) in [6.45, 7) is 2.39. The summed E-state index contributed by atoms with van der Waals surface area (Å²) in [5, 5.41) is 1.37. The van der Waals surface area contributed by atoms with Gasteiger partial charge in [0, 0.05) is 22.9 Å². The molecule has 0 saturated carbocycles. The van der Waals surface area contributed by atoms with Crippen LogP contribution in [0, 0.1) is 0 Å². The van der Waals surface area contributed by atoms with Crippen molar-refractivity contribution < 1.29 is 0 Å². The van der Waals surface area contributed by atoms with Gasteiger partial charge in [0.25, 0.3) is 0 Å². The molecule has 2 nitrogen and oxygen atoms in total. The van der Waals surface area contributed by atoms with Crippen molar-refractivity contribution in [2.45, 2.75) is 25.2 Å². The highest BCUT2D eigenvalue weighted by molar-refractivity contribution is 7.12. The van der Waals surface area contributed by atoms with Gasteiger partial charge >= 0.3 is 0 Å². The Balaban J connectivity index is 0.000000807. The van der Waals surface area contributed by atoms with E-state index >= 15 is 0 Å². The highest BCUT2D eigenvalue weighted by Gasteiger charge is 2.27. The van der Waals surface area contributed by atoms with E-state index in [1.165, 1.54) is 59.1 Å². The number of likely N-dealkylation sites (N-methyl/N-ethyl adjacent to an activating group) is 1. The molecule has 1 saturated heterocycles. The topological polar surface area (TPSA) is 16.1 Å². The molecule has 2 heterocycles. The van der Waals surface area contributed by atoms with Gasteiger partial charge in [-0.2, -0.15) is 0 Å². The number of nitrogens with zero attached hydrogens (tertiary/aromatic N) is 2. The van der Waals surface area contributed by atoms with Crippen LogP contribution in [-0.4, -0.2) is 30.0 Å². The van der Waals surface area contributed by atoms with E-state index in [0.29, 0.717) is 5.92 Å². The molecule has 0 radical (unpaired) electrons. The number of halogens is 2. The second-order valence-corrected chi connectivity index (χ2v) is 6.84. The first-order valence-corrected chi connectivity index (χ1v) is 7.89. The molecule has 2 aromatic rings. The predicted octanol–water partition coefficient (Wildman–Crippen LogP) is 4.17. The molecule has 1 atom stereocenters. The molecule has 0 amide bonds. The van der Waals surface area contributed by atoms with Crippen LogP contribution in [0.25, 0.3) is 11.3 Å². The van der Waals surface area contributed by atoms with Crippen molar-refractivity contribution in [3.8, 4) is 11.3 Å². The second kappa shape index (κ2) is 6.66. The average molecular weight is 343 g/mol. The molecule has 4 rings (SSSR count). The van der Waals surface area contributed by atoms with Gasteiger partial charge in [0.05, 0.1) is 10.7 Å². The zero-order valence-corrected chi connectivity index (χ0v) is 14.5. The molecule has 1 unspecified atom stereocenters. The molecule has 2 aliphatic rings. The number of hydrogen-bond acceptors (Lipinski definition) is 3. The van der Waals surface area contributed by atoms with E-state index < -0.39 is 0 Å². The fraction of sp³-hybridized carbons (Fsp3) is 0.438. The van der Waals surface area contributed by atoms with Crippen LogP contribution in [-0.2, 0) is 12.8 Å². The lowest BCUT2D eigenvalue weighted by Gasteiger charge is -2.13. The molecule has 21 heavy (non-hydrogen) atoms. The van der Waals surface area contributed by atoms with Crippen LogP contribution in [0.5, 0.6) is 0 Å². The summed E-state index contributed by atoms with van der Waals surface area (Å²) in [4.78, 5) is 8.92. The number of likely N-dealkylation sites (tertiary alicyclic amines) is 1. The predicted molar refractivity (Wildman–Crippen MR) is 94.3 cm³/mol. The third kappa shape index (κ3) is 2.98. The number of aromatic nitrogens is 1. The zero-order chi connectivity index (χ0) is 12.8. The second-order valence-electron chi connectivity index (χ2n) is 5.73. The first-order valence-electron chi connectivity index (χ1n) is 7.07. The highest BCUT2D eigenvalue weighted by atomic mass is 35.5. The van der Waals surface area contributed by atoms with Gasteiger partial charge in [-0.25, -0.2) is 4.98 Å². The Morgan fingerprint density at radius 3 is 2.76 bits per heavy atom. The molecular weight excluding hydrogens is 323 g/mol. The van der Waals surface area contributed by atoms with Crippen molar-refractivity contribution in [2.75, 3.05) is 20.1 Å². The highest BCUT2D eigenvalue weighted by Crippen LogP contribution is 2.39. The monoisotopic (exact) mass is 342 g/mol. The van der Waals surface area contributed by atoms with Crippen molar-refractivity contribution >= 4 is 36.2 Å². The molecule has 0 spiro atoms. The Labute approximate surface area is 142 Å². The van der Waals surface area contributed by atoms with Crippen LogP contribution in [0.4, 0.5) is 0 Å². The Bertz CT molecular complexity index is 626. The minimum atomic E-state index is 0. The lowest BCUT2D eigenvalue weighted by Crippen LogP contribution is -2.13. The number of aryl methyl sites for hydroxylation is 2. The summed E-state index contributed by atoms with van der Waals surface area (Å²) in [6.07, 6.45) is 3.62. The van der Waals surface area contributed by atoms with E-state index in [1.807, 2.05) is 11.3 Å². The van der Waals surface area contributed by atoms with Crippen LogP contribution in [0.1, 0.15) is 27.8 Å². The quantitative estimate of drug-likeness (QED) is 0.773. The summed E-state index contributed by atoms with van der Waals surface area (Å²) in [5.74, 6) is 0.660. The Morgan fingerprint density at radius 2 is 2.00 bits per heavy atom. The van der Waals surface area contributed by atoms with E-state index in [9.17, 15) is 0 Å². The van der Waals surface area contributed by atoms with Crippen LogP contribution < -0.4 is 0 Å². The molecule has 1 aliphatic heterocycles. The maximum absolute atomic E-state index is 5.00. The Kier molecular flexibility index (Phi) is 5.31. The van der Waals surface area contributed by atoms with Crippen molar-refractivity contribution in [1.29, 1.82) is 0 Å². The number of rotatable bonds is 1. The van der Waals surface area contributed by atoms with Crippen molar-refractivity contribution in [3.05, 3.63) is 39.7 Å². The normalized spacial score (nSPS) is 20.1. The average Bonchev–Trinajstić information content (AvgIpc) is 3.04. The van der Waals surface area contributed by atoms with Crippen LogP contribution >= 0.6 is 36.2 Å². The minimum Gasteiger partial charge on any atom is -0.306 e. The maximum atomic E-state index is 5.00. The number of benzene rings is 1. The molecule has 1 aromatic heterocycles. The molecule has 1 aromatic carbocycles. The van der Waals surface area contributed by atoms with Gasteiger partial charge in [-0.15, -0.1) is 36.2 Å². The molecule has 0 bridgehead atoms. The number of thiazole rings is 1. The van der Waals surface area contributed by atoms with Gasteiger partial charge in [-0.3, -0.25) is 0 Å². The fourth-order valence-corrected chi connectivity index (χ4v) is 4.48. The van der Waals surface area contributed by atoms with Crippen LogP contribution in [0.15, 0.2) is 24.3 Å².